The van der Waals surface area contributed by atoms with Gasteiger partial charge in [-0.3, -0.25) is 9.59 Å². The molecule has 22 heavy (non-hydrogen) atoms. The van der Waals surface area contributed by atoms with E-state index in [1.54, 1.807) is 54.6 Å². The van der Waals surface area contributed by atoms with Crippen LogP contribution in [0.25, 0.3) is 5.76 Å². The number of hydrogen-bond acceptors (Lipinski definition) is 4. The molecular weight excluding hydrogens is 282 g/mol. The highest BCUT2D eigenvalue weighted by atomic mass is 16.5. The van der Waals surface area contributed by atoms with Gasteiger partial charge in [0.15, 0.2) is 0 Å². The summed E-state index contributed by atoms with van der Waals surface area (Å²) >= 11 is 0. The predicted molar refractivity (Wildman–Crippen MR) is 83.7 cm³/mol. The van der Waals surface area contributed by atoms with Crippen LogP contribution >= 0.6 is 0 Å². The lowest BCUT2D eigenvalue weighted by molar-refractivity contribution is -0.131. The quantitative estimate of drug-likeness (QED) is 0.505. The molecule has 2 aromatic carbocycles. The molecule has 0 aromatic heterocycles. The number of amides is 1. The minimum atomic E-state index is -0.843. The van der Waals surface area contributed by atoms with E-state index in [2.05, 4.69) is 5.32 Å². The number of carbonyl (C=O) groups is 2. The highest BCUT2D eigenvalue weighted by molar-refractivity contribution is 6.45. The third-order valence-electron chi connectivity index (χ3n) is 2.89. The molecular formula is C17H15NO4. The van der Waals surface area contributed by atoms with Gasteiger partial charge in [0, 0.05) is 23.4 Å². The third-order valence-corrected chi connectivity index (χ3v) is 2.89. The molecule has 0 radical (unpaired) electrons. The fraction of sp³-hybridized carbons (Fsp3) is 0.0588. The zero-order valence-electron chi connectivity index (χ0n) is 11.9. The Hall–Kier alpha value is -3.08. The Balaban J connectivity index is 2.07. The molecule has 112 valence electrons. The Morgan fingerprint density at radius 1 is 1.09 bits per heavy atom. The Kier molecular flexibility index (Phi) is 4.93. The summed E-state index contributed by atoms with van der Waals surface area (Å²) in [5.41, 5.74) is 0.898. The van der Waals surface area contributed by atoms with Crippen LogP contribution in [0.4, 0.5) is 5.69 Å². The molecule has 5 nitrogen and oxygen atoms in total. The Morgan fingerprint density at radius 3 is 2.50 bits per heavy atom. The van der Waals surface area contributed by atoms with Crippen molar-refractivity contribution in [3.8, 4) is 5.75 Å². The highest BCUT2D eigenvalue weighted by Crippen LogP contribution is 2.17. The monoisotopic (exact) mass is 297 g/mol. The molecule has 0 aliphatic rings. The minimum absolute atomic E-state index is 0.258. The van der Waals surface area contributed by atoms with Crippen molar-refractivity contribution in [2.75, 3.05) is 12.4 Å². The van der Waals surface area contributed by atoms with Gasteiger partial charge in [-0.05, 0) is 12.1 Å². The molecule has 0 saturated heterocycles. The number of ether oxygens (including phenoxy) is 1. The van der Waals surface area contributed by atoms with Crippen molar-refractivity contribution in [1.29, 1.82) is 0 Å². The van der Waals surface area contributed by atoms with Crippen molar-refractivity contribution in [3.63, 3.8) is 0 Å². The van der Waals surface area contributed by atoms with Crippen LogP contribution in [0.3, 0.4) is 0 Å². The van der Waals surface area contributed by atoms with Crippen molar-refractivity contribution in [1.82, 2.24) is 0 Å². The summed E-state index contributed by atoms with van der Waals surface area (Å²) in [5.74, 6) is -1.38. The summed E-state index contributed by atoms with van der Waals surface area (Å²) in [6.45, 7) is 0. The number of hydrogen-bond donors (Lipinski definition) is 2. The SMILES string of the molecule is COc1cccc(NC(=O)C(=O)/C=C(\O)c2ccccc2)c1. The van der Waals surface area contributed by atoms with Crippen molar-refractivity contribution in [3.05, 3.63) is 66.2 Å². The Morgan fingerprint density at radius 2 is 1.82 bits per heavy atom. The molecule has 0 heterocycles. The van der Waals surface area contributed by atoms with Crippen LogP contribution in [0, 0.1) is 0 Å². The van der Waals surface area contributed by atoms with Gasteiger partial charge in [-0.25, -0.2) is 0 Å². The molecule has 0 bridgehead atoms. The molecule has 0 aliphatic carbocycles. The van der Waals surface area contributed by atoms with E-state index in [9.17, 15) is 14.7 Å². The molecule has 2 aromatic rings. The standard InChI is InChI=1S/C17H15NO4/c1-22-14-9-5-8-13(10-14)18-17(21)16(20)11-15(19)12-6-3-2-4-7-12/h2-11,19H,1H3,(H,18,21)/b15-11-. The van der Waals surface area contributed by atoms with E-state index in [1.165, 1.54) is 7.11 Å². The minimum Gasteiger partial charge on any atom is -0.507 e. The van der Waals surface area contributed by atoms with Crippen LogP contribution in [0.1, 0.15) is 5.56 Å². The van der Waals surface area contributed by atoms with Gasteiger partial charge in [0.2, 0.25) is 5.78 Å². The average Bonchev–Trinajstić information content (AvgIpc) is 2.55. The maximum absolute atomic E-state index is 11.8. The first-order valence-electron chi connectivity index (χ1n) is 6.55. The summed E-state index contributed by atoms with van der Waals surface area (Å²) in [6.07, 6.45) is 0.894. The van der Waals surface area contributed by atoms with E-state index in [4.69, 9.17) is 4.74 Å². The second kappa shape index (κ2) is 7.08. The van der Waals surface area contributed by atoms with Crippen LogP contribution in [0.5, 0.6) is 5.75 Å². The van der Waals surface area contributed by atoms with Crippen LogP contribution in [0.15, 0.2) is 60.7 Å². The first-order valence-corrected chi connectivity index (χ1v) is 6.55. The summed E-state index contributed by atoms with van der Waals surface area (Å²) < 4.78 is 5.03. The molecule has 0 atom stereocenters. The van der Waals surface area contributed by atoms with E-state index in [0.29, 0.717) is 17.0 Å². The number of methoxy groups -OCH3 is 1. The zero-order valence-corrected chi connectivity index (χ0v) is 11.9. The summed E-state index contributed by atoms with van der Waals surface area (Å²) in [7, 11) is 1.51. The maximum atomic E-state index is 11.8. The van der Waals surface area contributed by atoms with Crippen LogP contribution in [0.2, 0.25) is 0 Å². The van der Waals surface area contributed by atoms with E-state index < -0.39 is 11.7 Å². The van der Waals surface area contributed by atoms with Crippen molar-refractivity contribution in [2.24, 2.45) is 0 Å². The molecule has 0 unspecified atom stereocenters. The molecule has 0 aliphatic heterocycles. The lowest BCUT2D eigenvalue weighted by Gasteiger charge is -2.05. The fourth-order valence-corrected chi connectivity index (χ4v) is 1.78. The van der Waals surface area contributed by atoms with Gasteiger partial charge in [-0.2, -0.15) is 0 Å². The van der Waals surface area contributed by atoms with E-state index in [-0.39, 0.29) is 5.76 Å². The summed E-state index contributed by atoms with van der Waals surface area (Å²) in [6, 6.07) is 15.1. The first-order chi connectivity index (χ1) is 10.6. The maximum Gasteiger partial charge on any atom is 0.296 e. The Bertz CT molecular complexity index is 708. The molecule has 1 amide bonds. The molecule has 5 heteroatoms. The topological polar surface area (TPSA) is 75.6 Å². The second-order valence-corrected chi connectivity index (χ2v) is 4.45. The van der Waals surface area contributed by atoms with Gasteiger partial charge in [0.05, 0.1) is 7.11 Å². The van der Waals surface area contributed by atoms with Crippen LogP contribution in [-0.4, -0.2) is 23.9 Å². The smallest absolute Gasteiger partial charge is 0.296 e. The van der Waals surface area contributed by atoms with E-state index in [1.807, 2.05) is 0 Å². The van der Waals surface area contributed by atoms with Gasteiger partial charge in [0.25, 0.3) is 5.91 Å². The number of rotatable bonds is 5. The number of aliphatic hydroxyl groups excluding tert-OH is 1. The normalized spacial score (nSPS) is 10.9. The van der Waals surface area contributed by atoms with E-state index in [0.717, 1.165) is 6.08 Å². The predicted octanol–water partition coefficient (Wildman–Crippen LogP) is 2.80. The molecule has 2 rings (SSSR count). The Labute approximate surface area is 127 Å². The number of nitrogens with one attached hydrogen (secondary N) is 1. The first kappa shape index (κ1) is 15.3. The summed E-state index contributed by atoms with van der Waals surface area (Å²) in [4.78, 5) is 23.6. The zero-order chi connectivity index (χ0) is 15.9. The van der Waals surface area contributed by atoms with Gasteiger partial charge < -0.3 is 15.2 Å². The molecule has 2 N–H and O–H groups in total. The lowest BCUT2D eigenvalue weighted by atomic mass is 10.1. The van der Waals surface area contributed by atoms with Crippen molar-refractivity contribution < 1.29 is 19.4 Å². The number of ketones is 1. The largest absolute Gasteiger partial charge is 0.507 e. The van der Waals surface area contributed by atoms with Gasteiger partial charge in [-0.15, -0.1) is 0 Å². The van der Waals surface area contributed by atoms with Crippen LogP contribution < -0.4 is 10.1 Å². The average molecular weight is 297 g/mol. The molecule has 0 saturated carbocycles. The van der Waals surface area contributed by atoms with Gasteiger partial charge in [0.1, 0.15) is 11.5 Å². The van der Waals surface area contributed by atoms with Crippen molar-refractivity contribution >= 4 is 23.1 Å². The number of aliphatic hydroxyl groups is 1. The second-order valence-electron chi connectivity index (χ2n) is 4.45. The molecule has 0 fully saturated rings. The highest BCUT2D eigenvalue weighted by Gasteiger charge is 2.13. The number of anilines is 1. The van der Waals surface area contributed by atoms with E-state index >= 15 is 0 Å². The fourth-order valence-electron chi connectivity index (χ4n) is 1.78. The number of benzene rings is 2. The molecule has 0 spiro atoms. The van der Waals surface area contributed by atoms with Gasteiger partial charge in [-0.1, -0.05) is 36.4 Å². The van der Waals surface area contributed by atoms with Crippen LogP contribution in [-0.2, 0) is 9.59 Å². The summed E-state index contributed by atoms with van der Waals surface area (Å²) in [5, 5.41) is 12.3. The lowest BCUT2D eigenvalue weighted by Crippen LogP contribution is -2.21. The number of carbonyl (C=O) groups excluding carboxylic acids is 2. The third kappa shape index (κ3) is 3.96. The van der Waals surface area contributed by atoms with Crippen molar-refractivity contribution in [2.45, 2.75) is 0 Å². The van der Waals surface area contributed by atoms with Gasteiger partial charge >= 0.3 is 0 Å².